The molecule has 0 saturated heterocycles. The van der Waals surface area contributed by atoms with Crippen LogP contribution in [0.25, 0.3) is 0 Å². The Bertz CT molecular complexity index is 649. The molecule has 0 N–H and O–H groups in total. The Morgan fingerprint density at radius 2 is 2.00 bits per heavy atom. The highest BCUT2D eigenvalue weighted by Gasteiger charge is 2.11. The molecule has 0 radical (unpaired) electrons. The zero-order chi connectivity index (χ0) is 14.5. The first-order valence-electron chi connectivity index (χ1n) is 6.19. The third-order valence-corrected chi connectivity index (χ3v) is 3.68. The van der Waals surface area contributed by atoms with Gasteiger partial charge in [-0.25, -0.2) is 4.39 Å². The largest absolute Gasteiger partial charge is 0.370 e. The van der Waals surface area contributed by atoms with Gasteiger partial charge in [0.25, 0.3) is 0 Å². The Morgan fingerprint density at radius 1 is 1.25 bits per heavy atom. The first-order valence-corrected chi connectivity index (χ1v) is 7.31. The minimum absolute atomic E-state index is 0.211. The van der Waals surface area contributed by atoms with Gasteiger partial charge in [0.1, 0.15) is 5.82 Å². The van der Waals surface area contributed by atoms with Gasteiger partial charge < -0.3 is 4.90 Å². The van der Waals surface area contributed by atoms with Crippen LogP contribution >= 0.6 is 15.9 Å². The number of nitriles is 1. The van der Waals surface area contributed by atoms with Gasteiger partial charge in [-0.3, -0.25) is 0 Å². The number of hydrogen-bond donors (Lipinski definition) is 0. The Hall–Kier alpha value is -1.86. The zero-order valence-electron chi connectivity index (χ0n) is 11.1. The normalized spacial score (nSPS) is 10.1. The molecule has 0 unspecified atom stereocenters. The van der Waals surface area contributed by atoms with Crippen LogP contribution < -0.4 is 4.90 Å². The molecule has 0 atom stereocenters. The van der Waals surface area contributed by atoms with Crippen LogP contribution in [-0.2, 0) is 11.9 Å². The highest BCUT2D eigenvalue weighted by Crippen LogP contribution is 2.25. The van der Waals surface area contributed by atoms with Crippen molar-refractivity contribution in [1.29, 1.82) is 5.26 Å². The van der Waals surface area contributed by atoms with Crippen molar-refractivity contribution >= 4 is 21.6 Å². The summed E-state index contributed by atoms with van der Waals surface area (Å²) in [6, 6.07) is 14.6. The molecule has 0 aliphatic rings. The number of alkyl halides is 1. The quantitative estimate of drug-likeness (QED) is 0.783. The SMILES string of the molecule is CN(Cc1cccc(C#N)c1)c1cccc(F)c1CBr. The molecule has 2 aromatic carbocycles. The minimum Gasteiger partial charge on any atom is -0.370 e. The van der Waals surface area contributed by atoms with Crippen LogP contribution in [-0.4, -0.2) is 7.05 Å². The van der Waals surface area contributed by atoms with Gasteiger partial charge in [-0.15, -0.1) is 0 Å². The third kappa shape index (κ3) is 3.17. The van der Waals surface area contributed by atoms with E-state index in [9.17, 15) is 4.39 Å². The molecule has 0 amide bonds. The van der Waals surface area contributed by atoms with Crippen LogP contribution in [0.1, 0.15) is 16.7 Å². The molecule has 0 heterocycles. The number of halogens is 2. The lowest BCUT2D eigenvalue weighted by atomic mass is 10.1. The number of benzene rings is 2. The van der Waals surface area contributed by atoms with E-state index in [1.54, 1.807) is 12.1 Å². The maximum atomic E-state index is 13.8. The fourth-order valence-electron chi connectivity index (χ4n) is 2.14. The summed E-state index contributed by atoms with van der Waals surface area (Å²) in [5.41, 5.74) is 3.16. The van der Waals surface area contributed by atoms with Crippen LogP contribution in [0.5, 0.6) is 0 Å². The van der Waals surface area contributed by atoms with E-state index in [0.717, 1.165) is 11.3 Å². The van der Waals surface area contributed by atoms with E-state index >= 15 is 0 Å². The second kappa shape index (κ2) is 6.53. The average Bonchev–Trinajstić information content (AvgIpc) is 2.47. The molecule has 0 saturated carbocycles. The van der Waals surface area contributed by atoms with Gasteiger partial charge in [-0.05, 0) is 29.8 Å². The first-order chi connectivity index (χ1) is 9.65. The van der Waals surface area contributed by atoms with Gasteiger partial charge in [0.2, 0.25) is 0 Å². The lowest BCUT2D eigenvalue weighted by Crippen LogP contribution is -2.18. The van der Waals surface area contributed by atoms with Crippen LogP contribution in [0, 0.1) is 17.1 Å². The Labute approximate surface area is 126 Å². The first kappa shape index (κ1) is 14.5. The summed E-state index contributed by atoms with van der Waals surface area (Å²) in [6.07, 6.45) is 0. The molecule has 20 heavy (non-hydrogen) atoms. The molecule has 2 aromatic rings. The van der Waals surface area contributed by atoms with E-state index in [0.29, 0.717) is 23.0 Å². The van der Waals surface area contributed by atoms with Gasteiger partial charge in [-0.1, -0.05) is 34.1 Å². The Morgan fingerprint density at radius 3 is 2.70 bits per heavy atom. The van der Waals surface area contributed by atoms with Crippen molar-refractivity contribution in [3.63, 3.8) is 0 Å². The molecule has 0 aliphatic carbocycles. The van der Waals surface area contributed by atoms with Crippen molar-refractivity contribution in [1.82, 2.24) is 0 Å². The smallest absolute Gasteiger partial charge is 0.129 e. The zero-order valence-corrected chi connectivity index (χ0v) is 12.7. The van der Waals surface area contributed by atoms with E-state index < -0.39 is 0 Å². The highest BCUT2D eigenvalue weighted by atomic mass is 79.9. The van der Waals surface area contributed by atoms with Gasteiger partial charge in [0, 0.05) is 30.2 Å². The molecule has 0 bridgehead atoms. The third-order valence-electron chi connectivity index (χ3n) is 3.11. The highest BCUT2D eigenvalue weighted by molar-refractivity contribution is 9.08. The standard InChI is InChI=1S/C16H14BrFN2/c1-20(11-13-5-2-4-12(8-13)10-19)16-7-3-6-15(18)14(16)9-17/h2-8H,9,11H2,1H3. The molecule has 2 nitrogen and oxygen atoms in total. The molecular weight excluding hydrogens is 319 g/mol. The lowest BCUT2D eigenvalue weighted by molar-refractivity contribution is 0.616. The molecule has 0 fully saturated rings. The van der Waals surface area contributed by atoms with Crippen molar-refractivity contribution in [2.75, 3.05) is 11.9 Å². The summed E-state index contributed by atoms with van der Waals surface area (Å²) in [5, 5.41) is 9.38. The van der Waals surface area contributed by atoms with Crippen LogP contribution in [0.15, 0.2) is 42.5 Å². The summed E-state index contributed by atoms with van der Waals surface area (Å²) in [6.45, 7) is 0.624. The van der Waals surface area contributed by atoms with Gasteiger partial charge >= 0.3 is 0 Å². The summed E-state index contributed by atoms with van der Waals surface area (Å²) in [5.74, 6) is -0.211. The maximum Gasteiger partial charge on any atom is 0.129 e. The second-order valence-corrected chi connectivity index (χ2v) is 5.10. The van der Waals surface area contributed by atoms with E-state index in [2.05, 4.69) is 22.0 Å². The van der Waals surface area contributed by atoms with Crippen LogP contribution in [0.4, 0.5) is 10.1 Å². The summed E-state index contributed by atoms with van der Waals surface area (Å²) < 4.78 is 13.8. The number of anilines is 1. The molecule has 102 valence electrons. The topological polar surface area (TPSA) is 27.0 Å². The van der Waals surface area contributed by atoms with E-state index in [1.807, 2.05) is 36.2 Å². The Balaban J connectivity index is 2.26. The number of rotatable bonds is 4. The summed E-state index contributed by atoms with van der Waals surface area (Å²) in [7, 11) is 1.92. The Kier molecular flexibility index (Phi) is 4.75. The molecule has 4 heteroatoms. The second-order valence-electron chi connectivity index (χ2n) is 4.54. The summed E-state index contributed by atoms with van der Waals surface area (Å²) in [4.78, 5) is 1.98. The van der Waals surface area contributed by atoms with E-state index in [1.165, 1.54) is 6.07 Å². The molecule has 2 rings (SSSR count). The molecule has 0 aliphatic heterocycles. The van der Waals surface area contributed by atoms with Gasteiger partial charge in [0.15, 0.2) is 0 Å². The predicted molar refractivity (Wildman–Crippen MR) is 82.3 cm³/mol. The van der Waals surface area contributed by atoms with Crippen molar-refractivity contribution in [3.05, 3.63) is 65.0 Å². The summed E-state index contributed by atoms with van der Waals surface area (Å²) >= 11 is 3.33. The minimum atomic E-state index is -0.211. The van der Waals surface area contributed by atoms with Gasteiger partial charge in [0.05, 0.1) is 11.6 Å². The molecular formula is C16H14BrFN2. The average molecular weight is 333 g/mol. The van der Waals surface area contributed by atoms with Crippen molar-refractivity contribution in [2.24, 2.45) is 0 Å². The fourth-order valence-corrected chi connectivity index (χ4v) is 2.69. The maximum absolute atomic E-state index is 13.8. The van der Waals surface area contributed by atoms with Gasteiger partial charge in [-0.2, -0.15) is 5.26 Å². The van der Waals surface area contributed by atoms with Crippen molar-refractivity contribution < 1.29 is 4.39 Å². The monoisotopic (exact) mass is 332 g/mol. The molecule has 0 aromatic heterocycles. The van der Waals surface area contributed by atoms with Crippen molar-refractivity contribution in [2.45, 2.75) is 11.9 Å². The fraction of sp³-hybridized carbons (Fsp3) is 0.188. The van der Waals surface area contributed by atoms with Crippen LogP contribution in [0.2, 0.25) is 0 Å². The van der Waals surface area contributed by atoms with Crippen LogP contribution in [0.3, 0.4) is 0 Å². The van der Waals surface area contributed by atoms with Crippen molar-refractivity contribution in [3.8, 4) is 6.07 Å². The molecule has 0 spiro atoms. The predicted octanol–water partition coefficient (Wildman–Crippen LogP) is 4.23. The number of hydrogen-bond acceptors (Lipinski definition) is 2. The van der Waals surface area contributed by atoms with E-state index in [-0.39, 0.29) is 5.82 Å². The number of nitrogens with zero attached hydrogens (tertiary/aromatic N) is 2. The van der Waals surface area contributed by atoms with E-state index in [4.69, 9.17) is 5.26 Å². The lowest BCUT2D eigenvalue weighted by Gasteiger charge is -2.22.